The Morgan fingerprint density at radius 3 is 2.79 bits per heavy atom. The van der Waals surface area contributed by atoms with E-state index in [9.17, 15) is 4.79 Å². The summed E-state index contributed by atoms with van der Waals surface area (Å²) in [5.74, 6) is 0.118. The highest BCUT2D eigenvalue weighted by atomic mass is 16.1. The van der Waals surface area contributed by atoms with Gasteiger partial charge in [-0.1, -0.05) is 13.8 Å². The van der Waals surface area contributed by atoms with Gasteiger partial charge in [-0.15, -0.1) is 0 Å². The monoisotopic (exact) mass is 199 g/mol. The van der Waals surface area contributed by atoms with Crippen LogP contribution in [0.1, 0.15) is 20.3 Å². The number of aliphatic imine (C=N–C) groups is 1. The molecule has 0 aromatic heterocycles. The number of nitrogens with one attached hydrogen (secondary N) is 1. The largest absolute Gasteiger partial charge is 0.365 e. The summed E-state index contributed by atoms with van der Waals surface area (Å²) in [7, 11) is 3.63. The van der Waals surface area contributed by atoms with Crippen LogP contribution < -0.4 is 5.32 Å². The lowest BCUT2D eigenvalue weighted by atomic mass is 10.1. The Labute approximate surface area is 86.4 Å². The van der Waals surface area contributed by atoms with Crippen molar-refractivity contribution in [3.8, 4) is 0 Å². The van der Waals surface area contributed by atoms with Crippen molar-refractivity contribution in [1.82, 2.24) is 10.2 Å². The lowest BCUT2D eigenvalue weighted by Gasteiger charge is -2.18. The molecule has 0 aromatic rings. The number of hydrogen-bond acceptors (Lipinski definition) is 2. The van der Waals surface area contributed by atoms with E-state index in [1.807, 2.05) is 25.8 Å². The Kier molecular flexibility index (Phi) is 6.80. The molecule has 0 bridgehead atoms. The Bertz CT molecular complexity index is 192. The number of nitrogens with zero attached hydrogens (tertiary/aromatic N) is 2. The maximum atomic E-state index is 11.5. The molecule has 82 valence electrons. The molecule has 1 amide bonds. The maximum Gasteiger partial charge on any atom is 0.224 e. The second-order valence-electron chi connectivity index (χ2n) is 3.51. The van der Waals surface area contributed by atoms with Crippen molar-refractivity contribution in [1.29, 1.82) is 0 Å². The van der Waals surface area contributed by atoms with Crippen molar-refractivity contribution in [3.63, 3.8) is 0 Å². The SMILES string of the molecule is CCCNC(=O)C(C)CN(C)C=NC. The van der Waals surface area contributed by atoms with Gasteiger partial charge in [0.25, 0.3) is 0 Å². The fourth-order valence-electron chi connectivity index (χ4n) is 1.18. The van der Waals surface area contributed by atoms with Crippen LogP contribution in [-0.4, -0.2) is 44.3 Å². The fraction of sp³-hybridized carbons (Fsp3) is 0.800. The van der Waals surface area contributed by atoms with E-state index in [-0.39, 0.29) is 11.8 Å². The van der Waals surface area contributed by atoms with E-state index in [0.29, 0.717) is 6.54 Å². The second-order valence-corrected chi connectivity index (χ2v) is 3.51. The first kappa shape index (κ1) is 12.9. The average Bonchev–Trinajstić information content (AvgIpc) is 2.14. The summed E-state index contributed by atoms with van der Waals surface area (Å²) in [4.78, 5) is 17.3. The quantitative estimate of drug-likeness (QED) is 0.506. The van der Waals surface area contributed by atoms with Gasteiger partial charge < -0.3 is 10.2 Å². The Balaban J connectivity index is 3.82. The van der Waals surface area contributed by atoms with Crippen molar-refractivity contribution < 1.29 is 4.79 Å². The third-order valence-corrected chi connectivity index (χ3v) is 1.87. The zero-order chi connectivity index (χ0) is 11.0. The molecule has 0 aliphatic rings. The second kappa shape index (κ2) is 7.35. The number of carbonyl (C=O) groups excluding carboxylic acids is 1. The summed E-state index contributed by atoms with van der Waals surface area (Å²) in [6, 6.07) is 0. The highest BCUT2D eigenvalue weighted by Gasteiger charge is 2.12. The first-order chi connectivity index (χ1) is 6.61. The lowest BCUT2D eigenvalue weighted by molar-refractivity contribution is -0.124. The molecular formula is C10H21N3O. The van der Waals surface area contributed by atoms with Crippen molar-refractivity contribution in [2.75, 3.05) is 27.2 Å². The average molecular weight is 199 g/mol. The van der Waals surface area contributed by atoms with Gasteiger partial charge in [-0.25, -0.2) is 0 Å². The Morgan fingerprint density at radius 2 is 2.29 bits per heavy atom. The zero-order valence-electron chi connectivity index (χ0n) is 9.58. The number of hydrogen-bond donors (Lipinski definition) is 1. The summed E-state index contributed by atoms with van der Waals surface area (Å²) in [6.07, 6.45) is 2.70. The van der Waals surface area contributed by atoms with E-state index in [1.54, 1.807) is 13.4 Å². The molecule has 0 aliphatic carbocycles. The Hall–Kier alpha value is -1.06. The molecule has 0 spiro atoms. The maximum absolute atomic E-state index is 11.5. The van der Waals surface area contributed by atoms with E-state index in [1.165, 1.54) is 0 Å². The predicted octanol–water partition coefficient (Wildman–Crippen LogP) is 0.739. The van der Waals surface area contributed by atoms with E-state index in [2.05, 4.69) is 10.3 Å². The van der Waals surface area contributed by atoms with Gasteiger partial charge in [0.05, 0.1) is 12.3 Å². The van der Waals surface area contributed by atoms with Gasteiger partial charge in [-0.2, -0.15) is 0 Å². The van der Waals surface area contributed by atoms with Gasteiger partial charge in [-0.3, -0.25) is 9.79 Å². The van der Waals surface area contributed by atoms with Crippen LogP contribution in [0.5, 0.6) is 0 Å². The third kappa shape index (κ3) is 5.56. The van der Waals surface area contributed by atoms with Crippen LogP contribution in [0.2, 0.25) is 0 Å². The van der Waals surface area contributed by atoms with Crippen LogP contribution in [0.15, 0.2) is 4.99 Å². The van der Waals surface area contributed by atoms with Crippen molar-refractivity contribution in [2.24, 2.45) is 10.9 Å². The van der Waals surface area contributed by atoms with Gasteiger partial charge >= 0.3 is 0 Å². The van der Waals surface area contributed by atoms with Gasteiger partial charge in [0.1, 0.15) is 0 Å². The molecule has 0 aliphatic heterocycles. The predicted molar refractivity (Wildman–Crippen MR) is 59.5 cm³/mol. The highest BCUT2D eigenvalue weighted by Crippen LogP contribution is 1.96. The van der Waals surface area contributed by atoms with Gasteiger partial charge in [-0.05, 0) is 6.42 Å². The van der Waals surface area contributed by atoms with Crippen molar-refractivity contribution in [2.45, 2.75) is 20.3 Å². The van der Waals surface area contributed by atoms with E-state index in [4.69, 9.17) is 0 Å². The first-order valence-corrected chi connectivity index (χ1v) is 5.02. The molecule has 1 N–H and O–H groups in total. The minimum Gasteiger partial charge on any atom is -0.365 e. The Morgan fingerprint density at radius 1 is 1.64 bits per heavy atom. The minimum atomic E-state index is 0.00421. The van der Waals surface area contributed by atoms with Crippen LogP contribution in [0.25, 0.3) is 0 Å². The number of amides is 1. The van der Waals surface area contributed by atoms with Gasteiger partial charge in [0, 0.05) is 27.2 Å². The third-order valence-electron chi connectivity index (χ3n) is 1.87. The minimum absolute atomic E-state index is 0.00421. The molecule has 14 heavy (non-hydrogen) atoms. The van der Waals surface area contributed by atoms with Crippen LogP contribution in [0.3, 0.4) is 0 Å². The molecule has 0 saturated heterocycles. The molecule has 0 rings (SSSR count). The molecule has 0 aromatic carbocycles. The molecule has 0 heterocycles. The number of carbonyl (C=O) groups is 1. The van der Waals surface area contributed by atoms with Crippen LogP contribution in [-0.2, 0) is 4.79 Å². The molecule has 0 saturated carbocycles. The molecule has 0 fully saturated rings. The molecule has 4 heteroatoms. The van der Waals surface area contributed by atoms with Crippen molar-refractivity contribution >= 4 is 12.2 Å². The zero-order valence-corrected chi connectivity index (χ0v) is 9.58. The fourth-order valence-corrected chi connectivity index (χ4v) is 1.18. The van der Waals surface area contributed by atoms with E-state index >= 15 is 0 Å². The molecule has 4 nitrogen and oxygen atoms in total. The molecular weight excluding hydrogens is 178 g/mol. The van der Waals surface area contributed by atoms with E-state index in [0.717, 1.165) is 13.0 Å². The highest BCUT2D eigenvalue weighted by molar-refractivity contribution is 5.78. The molecule has 1 unspecified atom stereocenters. The summed E-state index contributed by atoms with van der Waals surface area (Å²) in [5, 5.41) is 2.87. The van der Waals surface area contributed by atoms with Crippen molar-refractivity contribution in [3.05, 3.63) is 0 Å². The van der Waals surface area contributed by atoms with Gasteiger partial charge in [0.2, 0.25) is 5.91 Å². The summed E-state index contributed by atoms with van der Waals surface area (Å²) in [6.45, 7) is 5.42. The van der Waals surface area contributed by atoms with Gasteiger partial charge in [0.15, 0.2) is 0 Å². The molecule has 0 radical (unpaired) electrons. The summed E-state index contributed by atoms with van der Waals surface area (Å²) in [5.41, 5.74) is 0. The lowest BCUT2D eigenvalue weighted by Crippen LogP contribution is -2.36. The van der Waals surface area contributed by atoms with Crippen LogP contribution >= 0.6 is 0 Å². The standard InChI is InChI=1S/C10H21N3O/c1-5-6-12-10(14)9(2)7-13(4)8-11-3/h8-9H,5-7H2,1-4H3,(H,12,14). The summed E-state index contributed by atoms with van der Waals surface area (Å²) < 4.78 is 0. The topological polar surface area (TPSA) is 44.7 Å². The molecule has 1 atom stereocenters. The first-order valence-electron chi connectivity index (χ1n) is 5.02. The van der Waals surface area contributed by atoms with E-state index < -0.39 is 0 Å². The van der Waals surface area contributed by atoms with Crippen LogP contribution in [0, 0.1) is 5.92 Å². The summed E-state index contributed by atoms with van der Waals surface area (Å²) >= 11 is 0. The number of rotatable bonds is 6. The normalized spacial score (nSPS) is 12.9. The van der Waals surface area contributed by atoms with Crippen LogP contribution in [0.4, 0.5) is 0 Å². The smallest absolute Gasteiger partial charge is 0.224 e.